The van der Waals surface area contributed by atoms with Crippen molar-refractivity contribution in [2.45, 2.75) is 52.2 Å². The van der Waals surface area contributed by atoms with Gasteiger partial charge in [0.1, 0.15) is 5.82 Å². The molecular weight excluding hydrogens is 326 g/mol. The predicted molar refractivity (Wildman–Crippen MR) is 105 cm³/mol. The second kappa shape index (κ2) is 8.68. The third-order valence-corrected chi connectivity index (χ3v) is 5.69. The summed E-state index contributed by atoms with van der Waals surface area (Å²) >= 11 is 0. The molecule has 146 valence electrons. The molecule has 1 aliphatic carbocycles. The minimum Gasteiger partial charge on any atom is -0.389 e. The Balaban J connectivity index is 1.37. The third-order valence-electron chi connectivity index (χ3n) is 5.69. The number of rotatable bonds is 6. The molecule has 0 aromatic carbocycles. The van der Waals surface area contributed by atoms with Crippen molar-refractivity contribution in [2.24, 2.45) is 11.3 Å². The normalized spacial score (nSPS) is 28.1. The number of aliphatic hydroxyl groups is 1. The molecule has 0 unspecified atom stereocenters. The lowest BCUT2D eigenvalue weighted by atomic mass is 9.71. The van der Waals surface area contributed by atoms with Crippen molar-refractivity contribution in [2.75, 3.05) is 44.2 Å². The number of β-amino-alcohol motifs (C(OH)–C–C–N with tert-alkyl or cyclic N) is 1. The molecule has 2 fully saturated rings. The fourth-order valence-electron chi connectivity index (χ4n) is 4.68. The van der Waals surface area contributed by atoms with E-state index in [-0.39, 0.29) is 0 Å². The molecule has 1 saturated carbocycles. The molecule has 1 aliphatic heterocycles. The fraction of sp³-hybridized carbons (Fsp3) is 0.762. The summed E-state index contributed by atoms with van der Waals surface area (Å²) in [6.07, 6.45) is 5.24. The monoisotopic (exact) mass is 361 g/mol. The lowest BCUT2D eigenvalue weighted by molar-refractivity contribution is -0.0615. The molecule has 3 atom stereocenters. The van der Waals surface area contributed by atoms with Gasteiger partial charge in [-0.05, 0) is 42.7 Å². The number of anilines is 1. The molecule has 1 saturated heterocycles. The van der Waals surface area contributed by atoms with E-state index in [0.717, 1.165) is 44.8 Å². The maximum Gasteiger partial charge on any atom is 0.128 e. The summed E-state index contributed by atoms with van der Waals surface area (Å²) in [5.74, 6) is 1.76. The van der Waals surface area contributed by atoms with E-state index in [1.165, 1.54) is 6.42 Å². The molecule has 1 aromatic heterocycles. The third kappa shape index (κ3) is 5.66. The smallest absolute Gasteiger partial charge is 0.128 e. The Morgan fingerprint density at radius 1 is 1.23 bits per heavy atom. The van der Waals surface area contributed by atoms with Crippen LogP contribution in [0.5, 0.6) is 0 Å². The van der Waals surface area contributed by atoms with Gasteiger partial charge in [0, 0.05) is 38.9 Å². The second-order valence-corrected chi connectivity index (χ2v) is 9.00. The zero-order chi connectivity index (χ0) is 18.6. The highest BCUT2D eigenvalue weighted by atomic mass is 16.5. The van der Waals surface area contributed by atoms with Crippen LogP contribution in [0.15, 0.2) is 24.4 Å². The first kappa shape index (κ1) is 19.6. The van der Waals surface area contributed by atoms with Crippen LogP contribution in [0, 0.1) is 11.3 Å². The lowest BCUT2D eigenvalue weighted by Gasteiger charge is -2.39. The number of aliphatic hydroxyl groups excluding tert-OH is 1. The zero-order valence-electron chi connectivity index (χ0n) is 16.6. The van der Waals surface area contributed by atoms with Crippen LogP contribution in [0.3, 0.4) is 0 Å². The number of ether oxygens (including phenoxy) is 1. The van der Waals surface area contributed by atoms with Gasteiger partial charge in [-0.1, -0.05) is 26.8 Å². The van der Waals surface area contributed by atoms with Crippen molar-refractivity contribution in [3.05, 3.63) is 24.4 Å². The summed E-state index contributed by atoms with van der Waals surface area (Å²) in [6, 6.07) is 6.04. The fourth-order valence-corrected chi connectivity index (χ4v) is 4.68. The van der Waals surface area contributed by atoms with Crippen LogP contribution >= 0.6 is 0 Å². The quantitative estimate of drug-likeness (QED) is 0.844. The van der Waals surface area contributed by atoms with Gasteiger partial charge in [-0.3, -0.25) is 4.90 Å². The molecule has 2 heterocycles. The topological polar surface area (TPSA) is 48.8 Å². The van der Waals surface area contributed by atoms with Crippen molar-refractivity contribution in [3.63, 3.8) is 0 Å². The summed E-state index contributed by atoms with van der Waals surface area (Å²) in [7, 11) is 0. The van der Waals surface area contributed by atoms with Gasteiger partial charge in [0.05, 0.1) is 18.8 Å². The van der Waals surface area contributed by atoms with E-state index in [0.29, 0.717) is 30.6 Å². The molecular formula is C21H35N3O2. The standard InChI is InChI=1S/C21H35N3O2/c1-17-12-19(14-21(2,3)13-17)26-16-18(25)15-23-8-10-24(11-9-23)20-6-4-5-7-22-20/h4-7,17-19,25H,8-16H2,1-3H3/t17-,18-,19+/m0/s1. The molecule has 0 spiro atoms. The Bertz CT molecular complexity index is 543. The number of hydrogen-bond acceptors (Lipinski definition) is 5. The SMILES string of the molecule is C[C@H]1C[C@@H](OC[C@@H](O)CN2CCN(c3ccccn3)CC2)CC(C)(C)C1. The van der Waals surface area contributed by atoms with Crippen LogP contribution in [-0.2, 0) is 4.74 Å². The Kier molecular flexibility index (Phi) is 6.54. The summed E-state index contributed by atoms with van der Waals surface area (Å²) in [5, 5.41) is 10.4. The average Bonchev–Trinajstić information content (AvgIpc) is 2.60. The Morgan fingerprint density at radius 3 is 2.65 bits per heavy atom. The van der Waals surface area contributed by atoms with E-state index in [1.807, 2.05) is 18.3 Å². The van der Waals surface area contributed by atoms with E-state index in [9.17, 15) is 5.11 Å². The van der Waals surface area contributed by atoms with Crippen molar-refractivity contribution in [3.8, 4) is 0 Å². The summed E-state index contributed by atoms with van der Waals surface area (Å²) in [5.41, 5.74) is 0.356. The maximum absolute atomic E-state index is 10.4. The van der Waals surface area contributed by atoms with E-state index in [2.05, 4.69) is 41.6 Å². The first-order chi connectivity index (χ1) is 12.4. The van der Waals surface area contributed by atoms with Gasteiger partial charge in [-0.2, -0.15) is 0 Å². The van der Waals surface area contributed by atoms with Crippen molar-refractivity contribution < 1.29 is 9.84 Å². The largest absolute Gasteiger partial charge is 0.389 e. The highest BCUT2D eigenvalue weighted by Gasteiger charge is 2.32. The first-order valence-corrected chi connectivity index (χ1v) is 10.1. The molecule has 3 rings (SSSR count). The maximum atomic E-state index is 10.4. The van der Waals surface area contributed by atoms with Crippen molar-refractivity contribution in [1.82, 2.24) is 9.88 Å². The second-order valence-electron chi connectivity index (χ2n) is 9.00. The van der Waals surface area contributed by atoms with Gasteiger partial charge in [0.2, 0.25) is 0 Å². The number of nitrogens with zero attached hydrogens (tertiary/aromatic N) is 3. The molecule has 2 aliphatic rings. The number of pyridine rings is 1. The zero-order valence-corrected chi connectivity index (χ0v) is 16.6. The van der Waals surface area contributed by atoms with Gasteiger partial charge in [-0.15, -0.1) is 0 Å². The van der Waals surface area contributed by atoms with Crippen LogP contribution in [0.4, 0.5) is 5.82 Å². The Labute approximate surface area is 158 Å². The van der Waals surface area contributed by atoms with Crippen LogP contribution < -0.4 is 4.90 Å². The Morgan fingerprint density at radius 2 is 2.00 bits per heavy atom. The number of piperazine rings is 1. The molecule has 0 amide bonds. The highest BCUT2D eigenvalue weighted by Crippen LogP contribution is 2.39. The van der Waals surface area contributed by atoms with Crippen molar-refractivity contribution >= 4 is 5.82 Å². The summed E-state index contributed by atoms with van der Waals surface area (Å²) in [4.78, 5) is 9.07. The van der Waals surface area contributed by atoms with E-state index in [4.69, 9.17) is 4.74 Å². The molecule has 0 radical (unpaired) electrons. The molecule has 0 bridgehead atoms. The van der Waals surface area contributed by atoms with E-state index >= 15 is 0 Å². The van der Waals surface area contributed by atoms with Gasteiger partial charge in [0.15, 0.2) is 0 Å². The molecule has 1 aromatic rings. The molecule has 26 heavy (non-hydrogen) atoms. The molecule has 5 heteroatoms. The minimum atomic E-state index is -0.406. The minimum absolute atomic E-state index is 0.296. The first-order valence-electron chi connectivity index (χ1n) is 10.1. The summed E-state index contributed by atoms with van der Waals surface area (Å²) in [6.45, 7) is 12.0. The van der Waals surface area contributed by atoms with E-state index < -0.39 is 6.10 Å². The highest BCUT2D eigenvalue weighted by molar-refractivity contribution is 5.38. The van der Waals surface area contributed by atoms with Crippen molar-refractivity contribution in [1.29, 1.82) is 0 Å². The number of hydrogen-bond donors (Lipinski definition) is 1. The van der Waals surface area contributed by atoms with E-state index in [1.54, 1.807) is 0 Å². The van der Waals surface area contributed by atoms with Crippen LogP contribution in [0.2, 0.25) is 0 Å². The van der Waals surface area contributed by atoms with Gasteiger partial charge >= 0.3 is 0 Å². The Hall–Kier alpha value is -1.17. The van der Waals surface area contributed by atoms with Crippen LogP contribution in [0.1, 0.15) is 40.0 Å². The van der Waals surface area contributed by atoms with Gasteiger partial charge in [-0.25, -0.2) is 4.98 Å². The lowest BCUT2D eigenvalue weighted by Crippen LogP contribution is -2.49. The average molecular weight is 362 g/mol. The summed E-state index contributed by atoms with van der Waals surface area (Å²) < 4.78 is 6.09. The predicted octanol–water partition coefficient (Wildman–Crippen LogP) is 2.80. The van der Waals surface area contributed by atoms with Gasteiger partial charge < -0.3 is 14.7 Å². The molecule has 5 nitrogen and oxygen atoms in total. The van der Waals surface area contributed by atoms with Crippen LogP contribution in [0.25, 0.3) is 0 Å². The van der Waals surface area contributed by atoms with Crippen LogP contribution in [-0.4, -0.2) is 66.5 Å². The van der Waals surface area contributed by atoms with Gasteiger partial charge in [0.25, 0.3) is 0 Å². The molecule has 1 N–H and O–H groups in total. The number of aromatic nitrogens is 1.